The van der Waals surface area contributed by atoms with Crippen LogP contribution in [0.25, 0.3) is 0 Å². The molecule has 1 amide bonds. The van der Waals surface area contributed by atoms with Gasteiger partial charge in [0, 0.05) is 20.0 Å². The van der Waals surface area contributed by atoms with Crippen LogP contribution < -0.4 is 5.32 Å². The number of carbonyl (C=O) groups excluding carboxylic acids is 1. The average Bonchev–Trinajstić information content (AvgIpc) is 2.62. The van der Waals surface area contributed by atoms with Gasteiger partial charge in [-0.3, -0.25) is 9.69 Å². The van der Waals surface area contributed by atoms with Gasteiger partial charge in [-0.05, 0) is 30.9 Å². The lowest BCUT2D eigenvalue weighted by Gasteiger charge is -2.44. The van der Waals surface area contributed by atoms with Gasteiger partial charge in [0.1, 0.15) is 0 Å². The van der Waals surface area contributed by atoms with Crippen LogP contribution >= 0.6 is 22.6 Å². The molecule has 0 aliphatic carbocycles. The van der Waals surface area contributed by atoms with Crippen LogP contribution in [0.3, 0.4) is 0 Å². The molecule has 2 aromatic rings. The molecule has 3 nitrogen and oxygen atoms in total. The zero-order valence-electron chi connectivity index (χ0n) is 14.8. The molecule has 1 fully saturated rings. The van der Waals surface area contributed by atoms with Crippen LogP contribution in [0.15, 0.2) is 54.6 Å². The maximum absolute atomic E-state index is 11.9. The van der Waals surface area contributed by atoms with Gasteiger partial charge in [-0.15, -0.1) is 0 Å². The molecule has 1 N–H and O–H groups in total. The Kier molecular flexibility index (Phi) is 5.79. The van der Waals surface area contributed by atoms with Gasteiger partial charge in [0.2, 0.25) is 5.91 Å². The van der Waals surface area contributed by atoms with E-state index in [0.29, 0.717) is 4.05 Å². The van der Waals surface area contributed by atoms with E-state index in [4.69, 9.17) is 0 Å². The van der Waals surface area contributed by atoms with Crippen LogP contribution in [-0.4, -0.2) is 23.9 Å². The zero-order valence-corrected chi connectivity index (χ0v) is 17.0. The summed E-state index contributed by atoms with van der Waals surface area (Å²) >= 11 is 2.52. The normalized spacial score (nSPS) is 18.5. The van der Waals surface area contributed by atoms with Crippen molar-refractivity contribution >= 4 is 28.5 Å². The van der Waals surface area contributed by atoms with Gasteiger partial charge in [-0.25, -0.2) is 0 Å². The smallest absolute Gasteiger partial charge is 0.217 e. The van der Waals surface area contributed by atoms with Gasteiger partial charge >= 0.3 is 0 Å². The van der Waals surface area contributed by atoms with Crippen molar-refractivity contribution in [2.24, 2.45) is 0 Å². The summed E-state index contributed by atoms with van der Waals surface area (Å²) in [6, 6.07) is 19.2. The minimum atomic E-state index is -0.247. The van der Waals surface area contributed by atoms with Crippen molar-refractivity contribution in [2.75, 3.05) is 13.1 Å². The largest absolute Gasteiger partial charge is 0.347 e. The molecule has 25 heavy (non-hydrogen) atoms. The lowest BCUT2D eigenvalue weighted by Crippen LogP contribution is -2.52. The lowest BCUT2D eigenvalue weighted by atomic mass is 9.80. The molecule has 1 unspecified atom stereocenters. The summed E-state index contributed by atoms with van der Waals surface area (Å²) in [5.74, 6) is 0.0445. The second-order valence-electron chi connectivity index (χ2n) is 6.91. The molecule has 1 saturated heterocycles. The van der Waals surface area contributed by atoms with Crippen LogP contribution in [-0.2, 0) is 10.3 Å². The molecular weight excluding hydrogens is 423 g/mol. The first kappa shape index (κ1) is 18.4. The molecule has 132 valence electrons. The van der Waals surface area contributed by atoms with Gasteiger partial charge in [0.25, 0.3) is 0 Å². The number of benzene rings is 2. The topological polar surface area (TPSA) is 32.3 Å². The molecule has 4 heteroatoms. The van der Waals surface area contributed by atoms with E-state index in [1.807, 2.05) is 0 Å². The van der Waals surface area contributed by atoms with Gasteiger partial charge in [0.15, 0.2) is 0 Å². The number of hydrogen-bond acceptors (Lipinski definition) is 2. The Morgan fingerprint density at radius 1 is 1.08 bits per heavy atom. The summed E-state index contributed by atoms with van der Waals surface area (Å²) in [5.41, 5.74) is 3.56. The number of nitrogens with one attached hydrogen (secondary N) is 1. The third-order valence-electron chi connectivity index (χ3n) is 5.07. The van der Waals surface area contributed by atoms with Crippen molar-refractivity contribution in [3.05, 3.63) is 71.3 Å². The van der Waals surface area contributed by atoms with Crippen molar-refractivity contribution in [1.82, 2.24) is 10.2 Å². The number of aryl methyl sites for hydroxylation is 1. The Morgan fingerprint density at radius 3 is 2.24 bits per heavy atom. The monoisotopic (exact) mass is 448 g/mol. The number of rotatable bonds is 4. The Bertz CT molecular complexity index is 706. The molecule has 1 heterocycles. The van der Waals surface area contributed by atoms with E-state index >= 15 is 0 Å². The Labute approximate surface area is 164 Å². The van der Waals surface area contributed by atoms with Gasteiger partial charge < -0.3 is 5.32 Å². The number of alkyl halides is 1. The summed E-state index contributed by atoms with van der Waals surface area (Å²) in [6.07, 6.45) is 1.87. The molecule has 0 bridgehead atoms. The van der Waals surface area contributed by atoms with E-state index in [-0.39, 0.29) is 11.4 Å². The number of carbonyl (C=O) groups is 1. The van der Waals surface area contributed by atoms with Gasteiger partial charge in [0.05, 0.1) is 9.59 Å². The van der Waals surface area contributed by atoms with Crippen LogP contribution in [0.2, 0.25) is 0 Å². The molecule has 0 radical (unpaired) electrons. The van der Waals surface area contributed by atoms with Crippen LogP contribution in [0, 0.1) is 6.92 Å². The van der Waals surface area contributed by atoms with E-state index < -0.39 is 0 Å². The first-order chi connectivity index (χ1) is 12.0. The summed E-state index contributed by atoms with van der Waals surface area (Å²) in [7, 11) is 0. The van der Waals surface area contributed by atoms with Crippen LogP contribution in [0.4, 0.5) is 0 Å². The SMILES string of the molecule is CC(=O)NC1(c2ccc(C)cc2)CCN(C(I)c2ccccc2)CC1. The fourth-order valence-corrected chi connectivity index (χ4v) is 4.62. The Hall–Kier alpha value is -1.40. The Balaban J connectivity index is 1.78. The quantitative estimate of drug-likeness (QED) is 0.423. The summed E-state index contributed by atoms with van der Waals surface area (Å²) in [5, 5.41) is 3.26. The predicted molar refractivity (Wildman–Crippen MR) is 111 cm³/mol. The third-order valence-corrected chi connectivity index (χ3v) is 6.57. The Morgan fingerprint density at radius 2 is 1.68 bits per heavy atom. The second-order valence-corrected chi connectivity index (χ2v) is 8.09. The lowest BCUT2D eigenvalue weighted by molar-refractivity contribution is -0.121. The van der Waals surface area contributed by atoms with Crippen molar-refractivity contribution < 1.29 is 4.79 Å². The summed E-state index contributed by atoms with van der Waals surface area (Å²) < 4.78 is 0.368. The second kappa shape index (κ2) is 7.87. The van der Waals surface area contributed by atoms with Gasteiger partial charge in [-0.1, -0.05) is 82.8 Å². The third kappa shape index (κ3) is 4.23. The average molecular weight is 448 g/mol. The summed E-state index contributed by atoms with van der Waals surface area (Å²) in [6.45, 7) is 5.65. The molecular formula is C21H25IN2O. The highest BCUT2D eigenvalue weighted by atomic mass is 127. The first-order valence-electron chi connectivity index (χ1n) is 8.79. The molecule has 1 atom stereocenters. The summed E-state index contributed by atoms with van der Waals surface area (Å²) in [4.78, 5) is 14.4. The minimum absolute atomic E-state index is 0.0445. The minimum Gasteiger partial charge on any atom is -0.347 e. The van der Waals surface area contributed by atoms with Crippen molar-refractivity contribution in [3.8, 4) is 0 Å². The first-order valence-corrected chi connectivity index (χ1v) is 10.0. The fourth-order valence-electron chi connectivity index (χ4n) is 3.65. The molecule has 2 aromatic carbocycles. The van der Waals surface area contributed by atoms with Crippen molar-refractivity contribution in [1.29, 1.82) is 0 Å². The van der Waals surface area contributed by atoms with E-state index in [0.717, 1.165) is 25.9 Å². The van der Waals surface area contributed by atoms with Crippen LogP contribution in [0.5, 0.6) is 0 Å². The molecule has 1 aliphatic heterocycles. The van der Waals surface area contributed by atoms with E-state index in [1.165, 1.54) is 16.7 Å². The van der Waals surface area contributed by atoms with E-state index in [1.54, 1.807) is 6.92 Å². The van der Waals surface area contributed by atoms with Crippen LogP contribution in [0.1, 0.15) is 40.5 Å². The maximum Gasteiger partial charge on any atom is 0.217 e. The van der Waals surface area contributed by atoms with E-state index in [2.05, 4.69) is 94.3 Å². The fraction of sp³-hybridized carbons (Fsp3) is 0.381. The van der Waals surface area contributed by atoms with E-state index in [9.17, 15) is 4.79 Å². The number of hydrogen-bond donors (Lipinski definition) is 1. The molecule has 1 aliphatic rings. The predicted octanol–water partition coefficient (Wildman–Crippen LogP) is 4.56. The van der Waals surface area contributed by atoms with Crippen molar-refractivity contribution in [2.45, 2.75) is 36.3 Å². The highest BCUT2D eigenvalue weighted by molar-refractivity contribution is 14.1. The number of likely N-dealkylation sites (tertiary alicyclic amines) is 1. The zero-order chi connectivity index (χ0) is 17.9. The molecule has 3 rings (SSSR count). The van der Waals surface area contributed by atoms with Crippen molar-refractivity contribution in [3.63, 3.8) is 0 Å². The molecule has 0 saturated carbocycles. The molecule has 0 spiro atoms. The van der Waals surface area contributed by atoms with Gasteiger partial charge in [-0.2, -0.15) is 0 Å². The number of piperidine rings is 1. The number of amides is 1. The standard InChI is InChI=1S/C21H25IN2O/c1-16-8-10-19(11-9-16)21(23-17(2)25)12-14-24(15-13-21)20(22)18-6-4-3-5-7-18/h3-11,20H,12-15H2,1-2H3,(H,23,25). The maximum atomic E-state index is 11.9. The molecule has 0 aromatic heterocycles. The number of halogens is 1. The highest BCUT2D eigenvalue weighted by Crippen LogP contribution is 2.38. The number of nitrogens with zero attached hydrogens (tertiary/aromatic N) is 1. The highest BCUT2D eigenvalue weighted by Gasteiger charge is 2.38.